The number of ether oxygens (including phenoxy) is 1. The van der Waals surface area contributed by atoms with Gasteiger partial charge in [0, 0.05) is 0 Å². The van der Waals surface area contributed by atoms with E-state index >= 15 is 0 Å². The molecule has 8 nitrogen and oxygen atoms in total. The van der Waals surface area contributed by atoms with Gasteiger partial charge in [0.05, 0.1) is 17.5 Å². The molecule has 0 radical (unpaired) electrons. The van der Waals surface area contributed by atoms with E-state index in [1.165, 1.54) is 0 Å². The molecule has 0 spiro atoms. The Hall–Kier alpha value is -2.90. The number of aliphatic carboxylic acids is 1. The first-order valence-electron chi connectivity index (χ1n) is 8.62. The molecule has 1 amide bonds. The number of aromatic nitrogens is 3. The number of hydrogen-bond donors (Lipinski definition) is 2. The summed E-state index contributed by atoms with van der Waals surface area (Å²) in [4.78, 5) is 23.5. The Kier molecular flexibility index (Phi) is 6.32. The molecule has 2 aromatic rings. The maximum Gasteiger partial charge on any atom is 0.326 e. The van der Waals surface area contributed by atoms with E-state index in [4.69, 9.17) is 9.84 Å². The third-order valence-corrected chi connectivity index (χ3v) is 3.78. The third kappa shape index (κ3) is 4.38. The fourth-order valence-corrected chi connectivity index (χ4v) is 2.51. The Morgan fingerprint density at radius 1 is 1.23 bits per heavy atom. The van der Waals surface area contributed by atoms with Crippen LogP contribution in [0.2, 0.25) is 0 Å². The normalized spacial score (nSPS) is 12.0. The number of carboxylic acid groups (broad SMARTS) is 1. The van der Waals surface area contributed by atoms with Crippen molar-refractivity contribution in [3.8, 4) is 11.4 Å². The van der Waals surface area contributed by atoms with Crippen molar-refractivity contribution in [2.45, 2.75) is 52.7 Å². The Morgan fingerprint density at radius 2 is 1.88 bits per heavy atom. The summed E-state index contributed by atoms with van der Waals surface area (Å²) in [5.41, 5.74) is 1.49. The van der Waals surface area contributed by atoms with Gasteiger partial charge in [-0.2, -0.15) is 0 Å². The average Bonchev–Trinajstić information content (AvgIpc) is 3.03. The average molecular weight is 360 g/mol. The van der Waals surface area contributed by atoms with Crippen LogP contribution in [-0.2, 0) is 11.2 Å². The molecule has 140 valence electrons. The minimum absolute atomic E-state index is 0.0782. The number of carbonyl (C=O) groups is 2. The molecule has 0 aliphatic heterocycles. The van der Waals surface area contributed by atoms with E-state index in [1.54, 1.807) is 11.6 Å². The fraction of sp³-hybridized carbons (Fsp3) is 0.444. The van der Waals surface area contributed by atoms with E-state index in [0.29, 0.717) is 12.1 Å². The van der Waals surface area contributed by atoms with Crippen molar-refractivity contribution >= 4 is 11.9 Å². The summed E-state index contributed by atoms with van der Waals surface area (Å²) in [6, 6.07) is 6.37. The lowest BCUT2D eigenvalue weighted by molar-refractivity contribution is -0.139. The zero-order valence-corrected chi connectivity index (χ0v) is 15.4. The molecular weight excluding hydrogens is 336 g/mol. The maximum atomic E-state index is 12.4. The van der Waals surface area contributed by atoms with Crippen LogP contribution in [0, 0.1) is 0 Å². The Morgan fingerprint density at radius 3 is 2.38 bits per heavy atom. The van der Waals surface area contributed by atoms with Crippen molar-refractivity contribution in [3.63, 3.8) is 0 Å². The van der Waals surface area contributed by atoms with Crippen molar-refractivity contribution < 1.29 is 19.4 Å². The summed E-state index contributed by atoms with van der Waals surface area (Å²) < 4.78 is 7.20. The molecule has 1 aromatic carbocycles. The predicted octanol–water partition coefficient (Wildman–Crippen LogP) is 2.21. The van der Waals surface area contributed by atoms with E-state index in [1.807, 2.05) is 45.0 Å². The molecule has 1 unspecified atom stereocenters. The number of carboxylic acids is 1. The van der Waals surface area contributed by atoms with E-state index in [9.17, 15) is 9.59 Å². The molecule has 26 heavy (non-hydrogen) atoms. The van der Waals surface area contributed by atoms with Crippen LogP contribution in [0.5, 0.6) is 5.75 Å². The summed E-state index contributed by atoms with van der Waals surface area (Å²) in [6.07, 6.45) is 0.882. The standard InChI is InChI=1S/C18H24N4O4/c1-5-14(18(24)25)19-17(23)16-15(6-2)22(21-20-16)12-7-9-13(10-8-12)26-11(3)4/h7-11,14H,5-6H2,1-4H3,(H,19,23)(H,24,25). The van der Waals surface area contributed by atoms with Gasteiger partial charge in [-0.15, -0.1) is 5.10 Å². The lowest BCUT2D eigenvalue weighted by Gasteiger charge is -2.12. The minimum atomic E-state index is -1.08. The zero-order chi connectivity index (χ0) is 19.3. The number of hydrogen-bond acceptors (Lipinski definition) is 5. The van der Waals surface area contributed by atoms with Crippen LogP contribution in [0.15, 0.2) is 24.3 Å². The number of amides is 1. The summed E-state index contributed by atoms with van der Waals surface area (Å²) in [5, 5.41) is 19.6. The van der Waals surface area contributed by atoms with Gasteiger partial charge < -0.3 is 15.2 Å². The van der Waals surface area contributed by atoms with E-state index in [2.05, 4.69) is 15.6 Å². The van der Waals surface area contributed by atoms with Gasteiger partial charge in [0.15, 0.2) is 5.69 Å². The number of nitrogens with one attached hydrogen (secondary N) is 1. The number of benzene rings is 1. The van der Waals surface area contributed by atoms with Gasteiger partial charge in [0.2, 0.25) is 0 Å². The zero-order valence-electron chi connectivity index (χ0n) is 15.4. The van der Waals surface area contributed by atoms with Gasteiger partial charge in [0.25, 0.3) is 5.91 Å². The highest BCUT2D eigenvalue weighted by Crippen LogP contribution is 2.19. The lowest BCUT2D eigenvalue weighted by atomic mass is 10.2. The molecule has 0 aliphatic rings. The molecule has 2 rings (SSSR count). The Balaban J connectivity index is 2.27. The first kappa shape index (κ1) is 19.4. The SMILES string of the molecule is CCc1c(C(=O)NC(CC)C(=O)O)nnn1-c1ccc(OC(C)C)cc1. The summed E-state index contributed by atoms with van der Waals surface area (Å²) in [6.45, 7) is 7.48. The molecule has 1 heterocycles. The second-order valence-electron chi connectivity index (χ2n) is 6.08. The van der Waals surface area contributed by atoms with Gasteiger partial charge in [-0.3, -0.25) is 4.79 Å². The molecule has 8 heteroatoms. The molecule has 0 fully saturated rings. The quantitative estimate of drug-likeness (QED) is 0.747. The van der Waals surface area contributed by atoms with Crippen LogP contribution in [0.3, 0.4) is 0 Å². The van der Waals surface area contributed by atoms with Crippen LogP contribution < -0.4 is 10.1 Å². The van der Waals surface area contributed by atoms with Crippen LogP contribution in [0.1, 0.15) is 50.3 Å². The lowest BCUT2D eigenvalue weighted by Crippen LogP contribution is -2.40. The molecule has 1 aromatic heterocycles. The highest BCUT2D eigenvalue weighted by atomic mass is 16.5. The first-order chi connectivity index (χ1) is 12.4. The van der Waals surface area contributed by atoms with Crippen LogP contribution >= 0.6 is 0 Å². The van der Waals surface area contributed by atoms with Gasteiger partial charge >= 0.3 is 5.97 Å². The Labute approximate surface area is 152 Å². The molecule has 2 N–H and O–H groups in total. The highest BCUT2D eigenvalue weighted by Gasteiger charge is 2.24. The largest absolute Gasteiger partial charge is 0.491 e. The van der Waals surface area contributed by atoms with Gasteiger partial charge in [-0.1, -0.05) is 19.1 Å². The molecule has 0 saturated heterocycles. The molecule has 0 aliphatic carbocycles. The monoisotopic (exact) mass is 360 g/mol. The highest BCUT2D eigenvalue weighted by molar-refractivity contribution is 5.95. The van der Waals surface area contributed by atoms with E-state index in [-0.39, 0.29) is 18.2 Å². The maximum absolute atomic E-state index is 12.4. The van der Waals surface area contributed by atoms with Crippen molar-refractivity contribution in [1.82, 2.24) is 20.3 Å². The number of rotatable bonds is 8. The second-order valence-corrected chi connectivity index (χ2v) is 6.08. The fourth-order valence-electron chi connectivity index (χ4n) is 2.51. The third-order valence-electron chi connectivity index (χ3n) is 3.78. The van der Waals surface area contributed by atoms with E-state index in [0.717, 1.165) is 11.4 Å². The van der Waals surface area contributed by atoms with Crippen molar-refractivity contribution in [1.29, 1.82) is 0 Å². The van der Waals surface area contributed by atoms with Crippen molar-refractivity contribution in [2.24, 2.45) is 0 Å². The molecule has 1 atom stereocenters. The number of nitrogens with zero attached hydrogens (tertiary/aromatic N) is 3. The van der Waals surface area contributed by atoms with Crippen LogP contribution in [0.4, 0.5) is 0 Å². The Bertz CT molecular complexity index is 768. The molecule has 0 saturated carbocycles. The summed E-state index contributed by atoms with van der Waals surface area (Å²) in [7, 11) is 0. The topological polar surface area (TPSA) is 106 Å². The first-order valence-corrected chi connectivity index (χ1v) is 8.62. The second kappa shape index (κ2) is 8.46. The predicted molar refractivity (Wildman–Crippen MR) is 95.7 cm³/mol. The summed E-state index contributed by atoms with van der Waals surface area (Å²) in [5.74, 6) is -0.874. The molecule has 0 bridgehead atoms. The van der Waals surface area contributed by atoms with Crippen LogP contribution in [0.25, 0.3) is 5.69 Å². The van der Waals surface area contributed by atoms with Gasteiger partial charge in [-0.25, -0.2) is 9.48 Å². The van der Waals surface area contributed by atoms with E-state index < -0.39 is 17.9 Å². The van der Waals surface area contributed by atoms with Crippen molar-refractivity contribution in [2.75, 3.05) is 0 Å². The number of carbonyl (C=O) groups excluding carboxylic acids is 1. The van der Waals surface area contributed by atoms with Crippen molar-refractivity contribution in [3.05, 3.63) is 35.7 Å². The van der Waals surface area contributed by atoms with Gasteiger partial charge in [0.1, 0.15) is 11.8 Å². The smallest absolute Gasteiger partial charge is 0.326 e. The molecular formula is C18H24N4O4. The minimum Gasteiger partial charge on any atom is -0.491 e. The van der Waals surface area contributed by atoms with Crippen LogP contribution in [-0.4, -0.2) is 44.1 Å². The summed E-state index contributed by atoms with van der Waals surface area (Å²) >= 11 is 0. The van der Waals surface area contributed by atoms with Gasteiger partial charge in [-0.05, 0) is 51.0 Å².